The number of rotatable bonds is 8. The van der Waals surface area contributed by atoms with Crippen LogP contribution in [0.25, 0.3) is 0 Å². The quantitative estimate of drug-likeness (QED) is 0.437. The van der Waals surface area contributed by atoms with E-state index in [1.807, 2.05) is 0 Å². The van der Waals surface area contributed by atoms with Crippen LogP contribution in [0.2, 0.25) is 0 Å². The Morgan fingerprint density at radius 1 is 1.05 bits per heavy atom. The second kappa shape index (κ2) is 10.5. The van der Waals surface area contributed by atoms with Crippen molar-refractivity contribution in [2.24, 2.45) is 23.2 Å². The molecule has 40 heavy (non-hydrogen) atoms. The number of carbonyl (C=O) groups excluding carboxylic acids is 2. The molecule has 3 N–H and O–H groups in total. The lowest BCUT2D eigenvalue weighted by molar-refractivity contribution is -0.150. The molecule has 0 spiro atoms. The molecular formula is C29H35F2N3O6. The summed E-state index contributed by atoms with van der Waals surface area (Å²) in [7, 11) is 1.39. The molecule has 0 aromatic heterocycles. The molecule has 2 bridgehead atoms. The molecule has 1 aromatic rings. The van der Waals surface area contributed by atoms with E-state index in [2.05, 4.69) is 16.7 Å². The summed E-state index contributed by atoms with van der Waals surface area (Å²) >= 11 is 0. The number of fused-ring (bicyclic) bond motifs is 2. The Labute approximate surface area is 231 Å². The van der Waals surface area contributed by atoms with Crippen LogP contribution in [0, 0.1) is 34.5 Å². The molecule has 2 amide bonds. The summed E-state index contributed by atoms with van der Waals surface area (Å²) in [6.07, 6.45) is 3.35. The van der Waals surface area contributed by atoms with Crippen molar-refractivity contribution in [1.29, 1.82) is 5.26 Å². The van der Waals surface area contributed by atoms with Crippen LogP contribution in [0.4, 0.5) is 8.78 Å². The minimum absolute atomic E-state index is 0.0837. The van der Waals surface area contributed by atoms with Crippen molar-refractivity contribution in [2.75, 3.05) is 7.11 Å². The molecular weight excluding hydrogens is 524 g/mol. The summed E-state index contributed by atoms with van der Waals surface area (Å²) in [6, 6.07) is 3.99. The number of ether oxygens (including phenoxy) is 2. The second-order valence-electron chi connectivity index (χ2n) is 12.2. The van der Waals surface area contributed by atoms with E-state index in [0.717, 1.165) is 19.3 Å². The van der Waals surface area contributed by atoms with Crippen molar-refractivity contribution in [3.05, 3.63) is 23.3 Å². The minimum Gasteiger partial charge on any atom is -0.496 e. The molecule has 4 aliphatic rings. The zero-order chi connectivity index (χ0) is 28.8. The first kappa shape index (κ1) is 28.1. The molecule has 0 saturated heterocycles. The van der Waals surface area contributed by atoms with Crippen molar-refractivity contribution in [2.45, 2.75) is 88.8 Å². The van der Waals surface area contributed by atoms with E-state index in [1.54, 1.807) is 6.92 Å². The monoisotopic (exact) mass is 559 g/mol. The van der Waals surface area contributed by atoms with E-state index in [4.69, 9.17) is 9.47 Å². The SMILES string of the molecule is COc1cc(C#N)c(OC2CCC(C)(C(=O)O)CC2)cc1C(=O)N[C@@H]1[C@H]2CC[C@H](C2)[C@@H]1C(=O)NC1CC(F)(F)C1. The molecule has 1 aromatic carbocycles. The first-order chi connectivity index (χ1) is 18.9. The van der Waals surface area contributed by atoms with Gasteiger partial charge in [-0.1, -0.05) is 0 Å². The molecule has 0 radical (unpaired) electrons. The smallest absolute Gasteiger partial charge is 0.309 e. The van der Waals surface area contributed by atoms with Crippen LogP contribution in [0.5, 0.6) is 11.5 Å². The molecule has 0 unspecified atom stereocenters. The van der Waals surface area contributed by atoms with Gasteiger partial charge in [-0.3, -0.25) is 14.4 Å². The van der Waals surface area contributed by atoms with Crippen molar-refractivity contribution in [1.82, 2.24) is 10.6 Å². The number of amides is 2. The van der Waals surface area contributed by atoms with Gasteiger partial charge in [-0.15, -0.1) is 0 Å². The molecule has 4 aliphatic carbocycles. The van der Waals surface area contributed by atoms with E-state index in [-0.39, 0.29) is 59.3 Å². The van der Waals surface area contributed by atoms with Gasteiger partial charge in [0.15, 0.2) is 0 Å². The molecule has 0 aliphatic heterocycles. The van der Waals surface area contributed by atoms with Gasteiger partial charge in [0.1, 0.15) is 17.6 Å². The maximum atomic E-state index is 13.6. The Bertz CT molecular complexity index is 1230. The van der Waals surface area contributed by atoms with Crippen molar-refractivity contribution in [3.63, 3.8) is 0 Å². The number of hydrogen-bond acceptors (Lipinski definition) is 6. The van der Waals surface area contributed by atoms with Gasteiger partial charge in [-0.2, -0.15) is 5.26 Å². The van der Waals surface area contributed by atoms with Crippen molar-refractivity contribution >= 4 is 17.8 Å². The fourth-order valence-corrected chi connectivity index (χ4v) is 7.00. The van der Waals surface area contributed by atoms with Crippen LogP contribution in [0.15, 0.2) is 12.1 Å². The first-order valence-electron chi connectivity index (χ1n) is 13.9. The van der Waals surface area contributed by atoms with Crippen molar-refractivity contribution < 1.29 is 37.7 Å². The molecule has 5 rings (SSSR count). The van der Waals surface area contributed by atoms with Gasteiger partial charge in [-0.05, 0) is 69.8 Å². The van der Waals surface area contributed by atoms with Crippen LogP contribution in [0.3, 0.4) is 0 Å². The predicted molar refractivity (Wildman–Crippen MR) is 138 cm³/mol. The number of hydrogen-bond donors (Lipinski definition) is 3. The average molecular weight is 560 g/mol. The molecule has 11 heteroatoms. The highest BCUT2D eigenvalue weighted by Gasteiger charge is 2.53. The lowest BCUT2D eigenvalue weighted by Gasteiger charge is -2.38. The summed E-state index contributed by atoms with van der Waals surface area (Å²) < 4.78 is 38.1. The number of alkyl halides is 2. The zero-order valence-corrected chi connectivity index (χ0v) is 22.7. The van der Waals surface area contributed by atoms with Gasteiger partial charge in [0.25, 0.3) is 11.8 Å². The highest BCUT2D eigenvalue weighted by molar-refractivity contribution is 5.98. The van der Waals surface area contributed by atoms with E-state index in [9.17, 15) is 33.5 Å². The number of methoxy groups -OCH3 is 1. The molecule has 0 heterocycles. The number of carboxylic acid groups (broad SMARTS) is 1. The summed E-state index contributed by atoms with van der Waals surface area (Å²) in [5.74, 6) is -4.25. The van der Waals surface area contributed by atoms with Crippen LogP contribution in [-0.2, 0) is 9.59 Å². The number of aliphatic carboxylic acids is 1. The highest BCUT2D eigenvalue weighted by atomic mass is 19.3. The van der Waals surface area contributed by atoms with Gasteiger partial charge in [0.2, 0.25) is 5.91 Å². The van der Waals surface area contributed by atoms with Crippen LogP contribution in [0.1, 0.15) is 80.6 Å². The second-order valence-corrected chi connectivity index (χ2v) is 12.2. The van der Waals surface area contributed by atoms with Gasteiger partial charge in [-0.25, -0.2) is 8.78 Å². The molecule has 4 saturated carbocycles. The minimum atomic E-state index is -2.74. The summed E-state index contributed by atoms with van der Waals surface area (Å²) in [5.41, 5.74) is -0.469. The third-order valence-corrected chi connectivity index (χ3v) is 9.47. The van der Waals surface area contributed by atoms with Crippen LogP contribution in [-0.4, -0.2) is 54.1 Å². The molecule has 9 nitrogen and oxygen atoms in total. The third-order valence-electron chi connectivity index (χ3n) is 9.47. The van der Waals surface area contributed by atoms with Gasteiger partial charge in [0, 0.05) is 31.0 Å². The summed E-state index contributed by atoms with van der Waals surface area (Å²) in [6.45, 7) is 1.72. The van der Waals surface area contributed by atoms with Crippen LogP contribution < -0.4 is 20.1 Å². The summed E-state index contributed by atoms with van der Waals surface area (Å²) in [4.78, 5) is 38.3. The fraction of sp³-hybridized carbons (Fsp3) is 0.655. The number of carboxylic acids is 1. The van der Waals surface area contributed by atoms with Crippen molar-refractivity contribution in [3.8, 4) is 17.6 Å². The maximum absolute atomic E-state index is 13.6. The van der Waals surface area contributed by atoms with E-state index < -0.39 is 41.2 Å². The zero-order valence-electron chi connectivity index (χ0n) is 22.7. The lowest BCUT2D eigenvalue weighted by atomic mass is 9.75. The highest BCUT2D eigenvalue weighted by Crippen LogP contribution is 2.49. The van der Waals surface area contributed by atoms with Gasteiger partial charge < -0.3 is 25.2 Å². The first-order valence-corrected chi connectivity index (χ1v) is 13.9. The Morgan fingerprint density at radius 3 is 2.33 bits per heavy atom. The maximum Gasteiger partial charge on any atom is 0.309 e. The molecule has 4 fully saturated rings. The number of halogens is 2. The number of nitrogens with one attached hydrogen (secondary N) is 2. The van der Waals surface area contributed by atoms with Gasteiger partial charge in [0.05, 0.1) is 35.7 Å². The number of carbonyl (C=O) groups is 3. The lowest BCUT2D eigenvalue weighted by Crippen LogP contribution is -2.56. The average Bonchev–Trinajstić information content (AvgIpc) is 3.50. The number of nitriles is 1. The van der Waals surface area contributed by atoms with Crippen LogP contribution >= 0.6 is 0 Å². The normalized spacial score (nSPS) is 32.4. The van der Waals surface area contributed by atoms with E-state index in [0.29, 0.717) is 25.7 Å². The Hall–Kier alpha value is -3.42. The van der Waals surface area contributed by atoms with E-state index in [1.165, 1.54) is 19.2 Å². The number of nitrogens with zero attached hydrogens (tertiary/aromatic N) is 1. The largest absolute Gasteiger partial charge is 0.496 e. The summed E-state index contributed by atoms with van der Waals surface area (Å²) in [5, 5.41) is 25.0. The molecule has 216 valence electrons. The molecule has 4 atom stereocenters. The Balaban J connectivity index is 1.31. The fourth-order valence-electron chi connectivity index (χ4n) is 7.00. The Morgan fingerprint density at radius 2 is 1.73 bits per heavy atom. The topological polar surface area (TPSA) is 138 Å². The number of benzene rings is 1. The Kier molecular flexibility index (Phi) is 7.40. The van der Waals surface area contributed by atoms with E-state index >= 15 is 0 Å². The third kappa shape index (κ3) is 5.32. The van der Waals surface area contributed by atoms with Gasteiger partial charge >= 0.3 is 5.97 Å². The predicted octanol–water partition coefficient (Wildman–Crippen LogP) is 4.04. The standard InChI is InChI=1S/C29H35F2N3O6/c1-28(27(37)38)7-5-19(6-8-28)40-21-11-20(22(39-2)10-17(21)14-32)25(35)34-24-16-4-3-15(9-16)23(24)26(36)33-18-12-29(30,31)13-18/h10-11,15-16,18-19,23-24H,3-9,12-13H2,1-2H3,(H,33,36)(H,34,35)(H,37,38)/t15-,16+,19?,23+,24-,28?/m1/s1.